The van der Waals surface area contributed by atoms with Gasteiger partial charge in [-0.25, -0.2) is 4.79 Å². The van der Waals surface area contributed by atoms with Gasteiger partial charge in [0.05, 0.1) is 6.04 Å². The third-order valence-corrected chi connectivity index (χ3v) is 6.37. The predicted molar refractivity (Wildman–Crippen MR) is 149 cm³/mol. The zero-order chi connectivity index (χ0) is 31.1. The van der Waals surface area contributed by atoms with Crippen LogP contribution in [0, 0.1) is 5.92 Å². The average molecular weight is 580 g/mol. The molecule has 5 unspecified atom stereocenters. The van der Waals surface area contributed by atoms with Crippen molar-refractivity contribution < 1.29 is 39.3 Å². The molecule has 0 saturated carbocycles. The highest BCUT2D eigenvalue weighted by Crippen LogP contribution is 2.13. The second kappa shape index (κ2) is 17.3. The van der Waals surface area contributed by atoms with Gasteiger partial charge < -0.3 is 48.5 Å². The molecule has 0 heterocycles. The molecule has 5 atom stereocenters. The van der Waals surface area contributed by atoms with Crippen molar-refractivity contribution in [3.8, 4) is 5.75 Å². The van der Waals surface area contributed by atoms with E-state index in [1.165, 1.54) is 12.1 Å². The Kier molecular flexibility index (Phi) is 14.6. The van der Waals surface area contributed by atoms with Crippen LogP contribution in [0.5, 0.6) is 5.75 Å². The van der Waals surface area contributed by atoms with Crippen molar-refractivity contribution in [2.75, 3.05) is 6.54 Å². The number of carbonyl (C=O) groups excluding carboxylic acids is 3. The van der Waals surface area contributed by atoms with Gasteiger partial charge in [-0.1, -0.05) is 32.4 Å². The predicted octanol–water partition coefficient (Wildman–Crippen LogP) is -1.23. The molecule has 15 heteroatoms. The van der Waals surface area contributed by atoms with E-state index in [-0.39, 0.29) is 50.4 Å². The minimum atomic E-state index is -1.25. The monoisotopic (exact) mass is 579 g/mol. The quantitative estimate of drug-likeness (QED) is 0.0564. The summed E-state index contributed by atoms with van der Waals surface area (Å²) < 4.78 is 0. The molecule has 1 aromatic carbocycles. The second-order valence-electron chi connectivity index (χ2n) is 9.69. The Balaban J connectivity index is 3.21. The van der Waals surface area contributed by atoms with Crippen molar-refractivity contribution >= 4 is 35.6 Å². The van der Waals surface area contributed by atoms with E-state index in [0.29, 0.717) is 12.0 Å². The SMILES string of the molecule is CCC(C)C(NC(=O)C(Cc1ccc(O)cc1)NC(=O)C(CCCN=C(N)N)NC(=O)C(N)CCC(=O)O)C(=O)O. The summed E-state index contributed by atoms with van der Waals surface area (Å²) >= 11 is 0. The van der Waals surface area contributed by atoms with Gasteiger partial charge in [0.1, 0.15) is 23.9 Å². The summed E-state index contributed by atoms with van der Waals surface area (Å²) in [6.07, 6.45) is 0.186. The van der Waals surface area contributed by atoms with E-state index >= 15 is 0 Å². The number of hydrogen-bond donors (Lipinski definition) is 9. The molecule has 0 aliphatic rings. The summed E-state index contributed by atoms with van der Waals surface area (Å²) in [5.41, 5.74) is 17.0. The van der Waals surface area contributed by atoms with Gasteiger partial charge in [0.25, 0.3) is 0 Å². The van der Waals surface area contributed by atoms with Crippen LogP contribution >= 0.6 is 0 Å². The topological polar surface area (TPSA) is 273 Å². The largest absolute Gasteiger partial charge is 0.508 e. The van der Waals surface area contributed by atoms with Crippen LogP contribution in [-0.2, 0) is 30.4 Å². The molecule has 12 N–H and O–H groups in total. The first kappa shape index (κ1) is 34.6. The first-order valence-corrected chi connectivity index (χ1v) is 13.2. The van der Waals surface area contributed by atoms with Gasteiger partial charge in [-0.15, -0.1) is 0 Å². The van der Waals surface area contributed by atoms with Crippen molar-refractivity contribution in [1.82, 2.24) is 16.0 Å². The number of aromatic hydroxyl groups is 1. The maximum atomic E-state index is 13.4. The molecule has 0 aliphatic carbocycles. The Hall–Kier alpha value is -4.40. The van der Waals surface area contributed by atoms with E-state index in [1.807, 2.05) is 0 Å². The number of hydrogen-bond acceptors (Lipinski definition) is 8. The summed E-state index contributed by atoms with van der Waals surface area (Å²) in [5, 5.41) is 35.7. The van der Waals surface area contributed by atoms with Crippen LogP contribution in [0.3, 0.4) is 0 Å². The van der Waals surface area contributed by atoms with E-state index in [0.717, 1.165) is 0 Å². The van der Waals surface area contributed by atoms with Crippen molar-refractivity contribution in [1.29, 1.82) is 0 Å². The molecular formula is C26H41N7O8. The zero-order valence-corrected chi connectivity index (χ0v) is 23.2. The lowest BCUT2D eigenvalue weighted by atomic mass is 9.98. The highest BCUT2D eigenvalue weighted by Gasteiger charge is 2.32. The van der Waals surface area contributed by atoms with Crippen molar-refractivity contribution in [2.24, 2.45) is 28.1 Å². The molecule has 1 aromatic rings. The van der Waals surface area contributed by atoms with Gasteiger partial charge in [0.15, 0.2) is 5.96 Å². The van der Waals surface area contributed by atoms with E-state index in [9.17, 15) is 34.2 Å². The third-order valence-electron chi connectivity index (χ3n) is 6.37. The minimum Gasteiger partial charge on any atom is -0.508 e. The van der Waals surface area contributed by atoms with E-state index in [2.05, 4.69) is 20.9 Å². The van der Waals surface area contributed by atoms with Crippen LogP contribution in [0.15, 0.2) is 29.3 Å². The van der Waals surface area contributed by atoms with Crippen molar-refractivity contribution in [3.63, 3.8) is 0 Å². The number of carboxylic acids is 2. The highest BCUT2D eigenvalue weighted by molar-refractivity contribution is 5.94. The van der Waals surface area contributed by atoms with Crippen LogP contribution in [-0.4, -0.2) is 81.7 Å². The fraction of sp³-hybridized carbons (Fsp3) is 0.538. The number of benzene rings is 1. The number of carboxylic acid groups (broad SMARTS) is 2. The highest BCUT2D eigenvalue weighted by atomic mass is 16.4. The van der Waals surface area contributed by atoms with Gasteiger partial charge in [-0.2, -0.15) is 0 Å². The molecule has 0 saturated heterocycles. The summed E-state index contributed by atoms with van der Waals surface area (Å²) in [6, 6.07) is 1.01. The summed E-state index contributed by atoms with van der Waals surface area (Å²) in [7, 11) is 0. The van der Waals surface area contributed by atoms with E-state index < -0.39 is 59.7 Å². The number of aliphatic imine (C=N–C) groups is 1. The number of nitrogens with two attached hydrogens (primary N) is 3. The number of rotatable bonds is 18. The van der Waals surface area contributed by atoms with Crippen LogP contribution in [0.1, 0.15) is 51.5 Å². The smallest absolute Gasteiger partial charge is 0.326 e. The standard InChI is InChI=1S/C26H41N7O8/c1-3-14(2)21(25(40)41)33-24(39)19(13-15-6-8-16(34)9-7-15)32-23(38)18(5-4-12-30-26(28)29)31-22(37)17(27)10-11-20(35)36/h6-9,14,17-19,21,34H,3-5,10-13,27H2,1-2H3,(H,31,37)(H,32,38)(H,33,39)(H,35,36)(H,40,41)(H4,28,29,30). The number of amides is 3. The summed E-state index contributed by atoms with van der Waals surface area (Å²) in [6.45, 7) is 3.58. The van der Waals surface area contributed by atoms with Crippen LogP contribution in [0.25, 0.3) is 0 Å². The normalized spacial score (nSPS) is 14.4. The van der Waals surface area contributed by atoms with Crippen LogP contribution < -0.4 is 33.2 Å². The van der Waals surface area contributed by atoms with E-state index in [1.54, 1.807) is 26.0 Å². The fourth-order valence-electron chi connectivity index (χ4n) is 3.75. The van der Waals surface area contributed by atoms with Gasteiger partial charge in [-0.3, -0.25) is 24.2 Å². The third kappa shape index (κ3) is 13.0. The minimum absolute atomic E-state index is 0.00992. The molecule has 0 aliphatic heterocycles. The molecule has 0 aromatic heterocycles. The van der Waals surface area contributed by atoms with E-state index in [4.69, 9.17) is 22.3 Å². The number of nitrogens with zero attached hydrogens (tertiary/aromatic N) is 1. The first-order valence-electron chi connectivity index (χ1n) is 13.2. The number of aliphatic carboxylic acids is 2. The molecule has 0 bridgehead atoms. The molecule has 0 fully saturated rings. The number of phenolic OH excluding ortho intramolecular Hbond substituents is 1. The zero-order valence-electron chi connectivity index (χ0n) is 23.2. The number of carbonyl (C=O) groups is 5. The fourth-order valence-corrected chi connectivity index (χ4v) is 3.75. The number of guanidine groups is 1. The van der Waals surface area contributed by atoms with Gasteiger partial charge in [0.2, 0.25) is 17.7 Å². The molecule has 0 spiro atoms. The Bertz CT molecular complexity index is 1080. The van der Waals surface area contributed by atoms with Crippen LogP contribution in [0.4, 0.5) is 0 Å². The Morgan fingerprint density at radius 3 is 2.02 bits per heavy atom. The molecule has 41 heavy (non-hydrogen) atoms. The molecule has 3 amide bonds. The molecular weight excluding hydrogens is 538 g/mol. The van der Waals surface area contributed by atoms with Crippen molar-refractivity contribution in [2.45, 2.75) is 76.5 Å². The molecule has 228 valence electrons. The lowest BCUT2D eigenvalue weighted by Crippen LogP contribution is -2.58. The lowest BCUT2D eigenvalue weighted by Gasteiger charge is -2.26. The average Bonchev–Trinajstić information content (AvgIpc) is 2.91. The van der Waals surface area contributed by atoms with Gasteiger partial charge in [-0.05, 0) is 42.9 Å². The lowest BCUT2D eigenvalue weighted by molar-refractivity contribution is -0.144. The molecule has 1 rings (SSSR count). The maximum absolute atomic E-state index is 13.4. The summed E-state index contributed by atoms with van der Waals surface area (Å²) in [4.78, 5) is 65.8. The second-order valence-corrected chi connectivity index (χ2v) is 9.69. The molecule has 0 radical (unpaired) electrons. The Morgan fingerprint density at radius 2 is 1.49 bits per heavy atom. The van der Waals surface area contributed by atoms with Gasteiger partial charge in [0, 0.05) is 19.4 Å². The first-order chi connectivity index (χ1) is 19.2. The number of nitrogens with one attached hydrogen (secondary N) is 3. The van der Waals surface area contributed by atoms with Gasteiger partial charge >= 0.3 is 11.9 Å². The van der Waals surface area contributed by atoms with Crippen LogP contribution in [0.2, 0.25) is 0 Å². The summed E-state index contributed by atoms with van der Waals surface area (Å²) in [5.74, 6) is -5.24. The Labute approximate surface area is 237 Å². The maximum Gasteiger partial charge on any atom is 0.326 e. The number of phenols is 1. The molecule has 15 nitrogen and oxygen atoms in total. The van der Waals surface area contributed by atoms with Crippen molar-refractivity contribution in [3.05, 3.63) is 29.8 Å². The Morgan fingerprint density at radius 1 is 0.902 bits per heavy atom.